The summed E-state index contributed by atoms with van der Waals surface area (Å²) in [5, 5.41) is 10.4. The molecule has 6 heteroatoms. The number of aromatic amines is 1. The van der Waals surface area contributed by atoms with Gasteiger partial charge in [-0.05, 0) is 44.1 Å². The Morgan fingerprint density at radius 3 is 3.26 bits per heavy atom. The van der Waals surface area contributed by atoms with Gasteiger partial charge >= 0.3 is 6.03 Å². The van der Waals surface area contributed by atoms with Gasteiger partial charge in [-0.2, -0.15) is 5.10 Å². The van der Waals surface area contributed by atoms with Crippen molar-refractivity contribution in [3.8, 4) is 0 Å². The minimum absolute atomic E-state index is 0.0740. The first-order valence-corrected chi connectivity index (χ1v) is 8.77. The summed E-state index contributed by atoms with van der Waals surface area (Å²) in [6, 6.07) is 0.278. The van der Waals surface area contributed by atoms with E-state index in [1.807, 2.05) is 11.1 Å². The molecule has 0 spiro atoms. The number of hydrogen-bond acceptors (Lipinski definition) is 3. The third-order valence-corrected chi connectivity index (χ3v) is 5.31. The van der Waals surface area contributed by atoms with Crippen LogP contribution in [-0.4, -0.2) is 53.0 Å². The van der Waals surface area contributed by atoms with Gasteiger partial charge < -0.3 is 15.0 Å². The van der Waals surface area contributed by atoms with E-state index in [0.717, 1.165) is 51.5 Å². The molecule has 1 fully saturated rings. The predicted molar refractivity (Wildman–Crippen MR) is 88.4 cm³/mol. The normalized spacial score (nSPS) is 27.0. The summed E-state index contributed by atoms with van der Waals surface area (Å²) in [6.07, 6.45) is 8.86. The van der Waals surface area contributed by atoms with Crippen LogP contribution in [0.3, 0.4) is 0 Å². The molecule has 2 aliphatic rings. The van der Waals surface area contributed by atoms with Crippen molar-refractivity contribution in [3.63, 3.8) is 0 Å². The molecule has 1 aromatic rings. The van der Waals surface area contributed by atoms with Gasteiger partial charge in [0.2, 0.25) is 0 Å². The van der Waals surface area contributed by atoms with Gasteiger partial charge in [0.25, 0.3) is 0 Å². The van der Waals surface area contributed by atoms with E-state index in [0.29, 0.717) is 6.61 Å². The third-order valence-electron chi connectivity index (χ3n) is 5.31. The Morgan fingerprint density at radius 1 is 1.61 bits per heavy atom. The maximum atomic E-state index is 12.9. The van der Waals surface area contributed by atoms with Gasteiger partial charge in [0, 0.05) is 25.4 Å². The molecule has 6 nitrogen and oxygen atoms in total. The van der Waals surface area contributed by atoms with Crippen molar-refractivity contribution in [2.75, 3.05) is 20.3 Å². The number of carbonyl (C=O) groups is 1. The Kier molecular flexibility index (Phi) is 4.90. The highest BCUT2D eigenvalue weighted by Crippen LogP contribution is 2.34. The fourth-order valence-corrected chi connectivity index (χ4v) is 4.26. The number of nitrogens with one attached hydrogen (secondary N) is 2. The van der Waals surface area contributed by atoms with Gasteiger partial charge in [0.05, 0.1) is 18.3 Å². The van der Waals surface area contributed by atoms with E-state index in [2.05, 4.69) is 22.4 Å². The summed E-state index contributed by atoms with van der Waals surface area (Å²) < 4.78 is 5.45. The maximum absolute atomic E-state index is 12.9. The number of aryl methyl sites for hydroxylation is 1. The van der Waals surface area contributed by atoms with Crippen molar-refractivity contribution < 1.29 is 9.53 Å². The van der Waals surface area contributed by atoms with E-state index >= 15 is 0 Å². The van der Waals surface area contributed by atoms with Crippen molar-refractivity contribution in [2.45, 2.75) is 63.5 Å². The number of urea groups is 1. The van der Waals surface area contributed by atoms with Gasteiger partial charge in [-0.25, -0.2) is 4.79 Å². The van der Waals surface area contributed by atoms with Gasteiger partial charge in [0.15, 0.2) is 0 Å². The number of amides is 2. The molecule has 1 aromatic heterocycles. The fourth-order valence-electron chi connectivity index (χ4n) is 4.26. The molecule has 2 N–H and O–H groups in total. The average Bonchev–Trinajstić information content (AvgIpc) is 3.14. The molecule has 1 saturated heterocycles. The van der Waals surface area contributed by atoms with Crippen molar-refractivity contribution >= 4 is 6.03 Å². The molecular formula is C17H28N4O2. The zero-order valence-electron chi connectivity index (χ0n) is 14.2. The largest absolute Gasteiger partial charge is 0.382 e. The van der Waals surface area contributed by atoms with Crippen molar-refractivity contribution in [2.24, 2.45) is 0 Å². The maximum Gasteiger partial charge on any atom is 0.318 e. The molecule has 2 amide bonds. The monoisotopic (exact) mass is 320 g/mol. The average molecular weight is 320 g/mol. The lowest BCUT2D eigenvalue weighted by Crippen LogP contribution is -2.56. The number of fused-ring (bicyclic) bond motifs is 1. The fraction of sp³-hybridized carbons (Fsp3) is 0.765. The second-order valence-corrected chi connectivity index (χ2v) is 6.93. The number of nitrogens with zero attached hydrogens (tertiary/aromatic N) is 2. The van der Waals surface area contributed by atoms with Gasteiger partial charge in [-0.15, -0.1) is 0 Å². The van der Waals surface area contributed by atoms with Crippen LogP contribution in [0.5, 0.6) is 0 Å². The summed E-state index contributed by atoms with van der Waals surface area (Å²) in [5.74, 6) is 0. The van der Waals surface area contributed by atoms with E-state index in [4.69, 9.17) is 4.74 Å². The van der Waals surface area contributed by atoms with Crippen molar-refractivity contribution in [1.29, 1.82) is 0 Å². The molecule has 0 radical (unpaired) electrons. The van der Waals surface area contributed by atoms with E-state index < -0.39 is 0 Å². The van der Waals surface area contributed by atoms with Crippen LogP contribution in [0.15, 0.2) is 6.20 Å². The first-order chi connectivity index (χ1) is 11.2. The SMILES string of the molecule is CCCC1(COC)CCCN1C(=O)NC1CCc2[nH]ncc2C1. The summed E-state index contributed by atoms with van der Waals surface area (Å²) >= 11 is 0. The van der Waals surface area contributed by atoms with Gasteiger partial charge in [-0.1, -0.05) is 13.3 Å². The van der Waals surface area contributed by atoms with Crippen molar-refractivity contribution in [1.82, 2.24) is 20.4 Å². The van der Waals surface area contributed by atoms with Crippen LogP contribution in [0.4, 0.5) is 4.79 Å². The minimum Gasteiger partial charge on any atom is -0.382 e. The number of aromatic nitrogens is 2. The number of likely N-dealkylation sites (tertiary alicyclic amines) is 1. The second kappa shape index (κ2) is 6.91. The Morgan fingerprint density at radius 2 is 2.48 bits per heavy atom. The van der Waals surface area contributed by atoms with Gasteiger partial charge in [0.1, 0.15) is 0 Å². The Hall–Kier alpha value is -1.56. The highest BCUT2D eigenvalue weighted by molar-refractivity contribution is 5.76. The number of H-pyrrole nitrogens is 1. The van der Waals surface area contributed by atoms with Crippen LogP contribution < -0.4 is 5.32 Å². The predicted octanol–water partition coefficient (Wildman–Crippen LogP) is 2.26. The Bertz CT molecular complexity index is 536. The molecule has 3 rings (SSSR count). The topological polar surface area (TPSA) is 70.2 Å². The number of carbonyl (C=O) groups excluding carboxylic acids is 1. The first kappa shape index (κ1) is 16.3. The van der Waals surface area contributed by atoms with Gasteiger partial charge in [-0.3, -0.25) is 5.10 Å². The smallest absolute Gasteiger partial charge is 0.318 e. The molecule has 2 heterocycles. The molecule has 128 valence electrons. The number of hydrogen-bond donors (Lipinski definition) is 2. The van der Waals surface area contributed by atoms with Crippen LogP contribution in [0.2, 0.25) is 0 Å². The van der Waals surface area contributed by atoms with E-state index in [1.165, 1.54) is 11.3 Å². The highest BCUT2D eigenvalue weighted by Gasteiger charge is 2.43. The molecule has 1 aliphatic carbocycles. The number of ether oxygens (including phenoxy) is 1. The molecular weight excluding hydrogens is 292 g/mol. The van der Waals surface area contributed by atoms with Crippen LogP contribution in [0.1, 0.15) is 50.3 Å². The Labute approximate surface area is 138 Å². The highest BCUT2D eigenvalue weighted by atomic mass is 16.5. The number of rotatable bonds is 5. The zero-order valence-corrected chi connectivity index (χ0v) is 14.2. The Balaban J connectivity index is 1.65. The minimum atomic E-state index is -0.122. The number of methoxy groups -OCH3 is 1. The van der Waals surface area contributed by atoms with Crippen LogP contribution in [-0.2, 0) is 17.6 Å². The molecule has 2 unspecified atom stereocenters. The van der Waals surface area contributed by atoms with E-state index in [9.17, 15) is 4.79 Å². The summed E-state index contributed by atoms with van der Waals surface area (Å²) in [5.41, 5.74) is 2.33. The van der Waals surface area contributed by atoms with Crippen LogP contribution in [0.25, 0.3) is 0 Å². The molecule has 23 heavy (non-hydrogen) atoms. The molecule has 2 atom stereocenters. The van der Waals surface area contributed by atoms with E-state index in [-0.39, 0.29) is 17.6 Å². The molecule has 1 aliphatic heterocycles. The molecule has 0 bridgehead atoms. The first-order valence-electron chi connectivity index (χ1n) is 8.77. The molecule has 0 aromatic carbocycles. The second-order valence-electron chi connectivity index (χ2n) is 6.93. The zero-order chi connectivity index (χ0) is 16.3. The third kappa shape index (κ3) is 3.22. The lowest BCUT2D eigenvalue weighted by molar-refractivity contribution is 0.0492. The summed E-state index contributed by atoms with van der Waals surface area (Å²) in [4.78, 5) is 14.9. The van der Waals surface area contributed by atoms with Crippen LogP contribution >= 0.6 is 0 Å². The van der Waals surface area contributed by atoms with Crippen LogP contribution in [0, 0.1) is 0 Å². The standard InChI is InChI=1S/C17H28N4O2/c1-3-7-17(12-23-2)8-4-9-21(17)16(22)19-14-5-6-15-13(10-14)11-18-20-15/h11,14H,3-10,12H2,1-2H3,(H,18,20)(H,19,22). The van der Waals surface area contributed by atoms with Crippen molar-refractivity contribution in [3.05, 3.63) is 17.5 Å². The van der Waals surface area contributed by atoms with E-state index in [1.54, 1.807) is 7.11 Å². The summed E-state index contributed by atoms with van der Waals surface area (Å²) in [6.45, 7) is 3.64. The summed E-state index contributed by atoms with van der Waals surface area (Å²) in [7, 11) is 1.73. The quantitative estimate of drug-likeness (QED) is 0.874. The molecule has 0 saturated carbocycles. The lowest BCUT2D eigenvalue weighted by atomic mass is 9.91. The lowest BCUT2D eigenvalue weighted by Gasteiger charge is -2.39.